The fraction of sp³-hybridized carbons (Fsp3) is 0.724. The van der Waals surface area contributed by atoms with Gasteiger partial charge in [-0.15, -0.1) is 0 Å². The lowest BCUT2D eigenvalue weighted by atomic mass is 9.47. The van der Waals surface area contributed by atoms with Gasteiger partial charge in [-0.25, -0.2) is 0 Å². The molecular formula is C29H52O. The average Bonchev–Trinajstić information content (AvgIpc) is 2.74. The summed E-state index contributed by atoms with van der Waals surface area (Å²) in [6.45, 7) is 26.2. The Hall–Kier alpha value is -1.24. The molecule has 0 N–H and O–H groups in total. The Morgan fingerprint density at radius 3 is 2.13 bits per heavy atom. The van der Waals surface area contributed by atoms with E-state index in [0.29, 0.717) is 16.7 Å². The molecule has 3 rings (SSSR count). The predicted octanol–water partition coefficient (Wildman–Crippen LogP) is 9.42. The maximum absolute atomic E-state index is 5.49. The molecule has 1 aromatic rings. The molecule has 3 atom stereocenters. The van der Waals surface area contributed by atoms with Crippen molar-refractivity contribution in [2.24, 2.45) is 22.7 Å². The van der Waals surface area contributed by atoms with Crippen molar-refractivity contribution in [3.63, 3.8) is 0 Å². The van der Waals surface area contributed by atoms with Crippen molar-refractivity contribution in [3.05, 3.63) is 41.5 Å². The maximum Gasteiger partial charge on any atom is 0.119 e. The van der Waals surface area contributed by atoms with Gasteiger partial charge in [0.1, 0.15) is 5.75 Å². The molecule has 2 saturated carbocycles. The molecule has 2 aliphatic rings. The molecule has 0 bridgehead atoms. The van der Waals surface area contributed by atoms with Crippen LogP contribution >= 0.6 is 0 Å². The molecule has 0 radical (unpaired) electrons. The van der Waals surface area contributed by atoms with Crippen LogP contribution in [0.15, 0.2) is 30.4 Å². The number of aryl methyl sites for hydroxylation is 1. The molecule has 0 saturated heterocycles. The van der Waals surface area contributed by atoms with Crippen LogP contribution in [0.25, 0.3) is 0 Å². The van der Waals surface area contributed by atoms with E-state index < -0.39 is 0 Å². The van der Waals surface area contributed by atoms with E-state index in [0.717, 1.165) is 18.1 Å². The quantitative estimate of drug-likeness (QED) is 0.446. The molecule has 1 aromatic carbocycles. The fourth-order valence-electron chi connectivity index (χ4n) is 5.95. The highest BCUT2D eigenvalue weighted by Gasteiger charge is 2.52. The van der Waals surface area contributed by atoms with Gasteiger partial charge in [-0.05, 0) is 85.0 Å². The third-order valence-electron chi connectivity index (χ3n) is 7.11. The minimum atomic E-state index is 0.397. The topological polar surface area (TPSA) is 9.23 Å². The lowest BCUT2D eigenvalue weighted by Gasteiger charge is -2.58. The summed E-state index contributed by atoms with van der Waals surface area (Å²) in [6.07, 6.45) is 7.74. The van der Waals surface area contributed by atoms with Crippen molar-refractivity contribution < 1.29 is 4.74 Å². The summed E-state index contributed by atoms with van der Waals surface area (Å²) in [7, 11) is 1.76. The van der Waals surface area contributed by atoms with Gasteiger partial charge in [-0.1, -0.05) is 87.0 Å². The fourth-order valence-corrected chi connectivity index (χ4v) is 5.95. The summed E-state index contributed by atoms with van der Waals surface area (Å²) >= 11 is 0. The van der Waals surface area contributed by atoms with E-state index in [9.17, 15) is 0 Å². The van der Waals surface area contributed by atoms with Gasteiger partial charge in [-0.2, -0.15) is 0 Å². The Morgan fingerprint density at radius 1 is 0.967 bits per heavy atom. The van der Waals surface area contributed by atoms with E-state index in [1.165, 1.54) is 48.8 Å². The molecule has 1 nitrogen and oxygen atoms in total. The molecule has 0 aliphatic heterocycles. The first kappa shape index (κ1) is 28.8. The van der Waals surface area contributed by atoms with Crippen LogP contribution in [0.2, 0.25) is 0 Å². The molecule has 2 aliphatic carbocycles. The van der Waals surface area contributed by atoms with Crippen LogP contribution in [0.5, 0.6) is 5.75 Å². The van der Waals surface area contributed by atoms with Gasteiger partial charge in [0, 0.05) is 0 Å². The lowest BCUT2D eigenvalue weighted by Crippen LogP contribution is -2.50. The third-order valence-corrected chi connectivity index (χ3v) is 7.11. The van der Waals surface area contributed by atoms with Gasteiger partial charge in [0.05, 0.1) is 7.11 Å². The molecule has 0 amide bonds. The number of rotatable bonds is 3. The van der Waals surface area contributed by atoms with Crippen molar-refractivity contribution >= 4 is 0 Å². The van der Waals surface area contributed by atoms with Gasteiger partial charge < -0.3 is 4.74 Å². The summed E-state index contributed by atoms with van der Waals surface area (Å²) < 4.78 is 5.49. The van der Waals surface area contributed by atoms with Crippen LogP contribution in [-0.4, -0.2) is 7.11 Å². The summed E-state index contributed by atoms with van der Waals surface area (Å²) in [5, 5.41) is 0. The maximum atomic E-state index is 5.49. The molecule has 0 heterocycles. The third kappa shape index (κ3) is 6.63. The van der Waals surface area contributed by atoms with Crippen LogP contribution < -0.4 is 4.74 Å². The second kappa shape index (κ2) is 13.2. The minimum absolute atomic E-state index is 0.397. The zero-order valence-corrected chi connectivity index (χ0v) is 22.2. The molecular weight excluding hydrogens is 364 g/mol. The van der Waals surface area contributed by atoms with E-state index in [4.69, 9.17) is 4.74 Å². The number of ether oxygens (including phenoxy) is 1. The predicted molar refractivity (Wildman–Crippen MR) is 137 cm³/mol. The largest absolute Gasteiger partial charge is 0.497 e. The van der Waals surface area contributed by atoms with E-state index in [2.05, 4.69) is 52.5 Å². The average molecular weight is 417 g/mol. The number of fused-ring (bicyclic) bond motifs is 1. The number of hydrogen-bond donors (Lipinski definition) is 0. The second-order valence-electron chi connectivity index (χ2n) is 9.21. The van der Waals surface area contributed by atoms with E-state index in [1.807, 2.05) is 41.5 Å². The Labute approximate surface area is 189 Å². The van der Waals surface area contributed by atoms with E-state index in [-0.39, 0.29) is 0 Å². The first-order valence-electron chi connectivity index (χ1n) is 12.6. The van der Waals surface area contributed by atoms with Crippen LogP contribution in [0.1, 0.15) is 106 Å². The highest BCUT2D eigenvalue weighted by molar-refractivity contribution is 5.35. The summed E-state index contributed by atoms with van der Waals surface area (Å²) in [6, 6.07) is 6.67. The summed E-state index contributed by atoms with van der Waals surface area (Å²) in [4.78, 5) is 0. The van der Waals surface area contributed by atoms with E-state index >= 15 is 0 Å². The minimum Gasteiger partial charge on any atom is -0.497 e. The normalized spacial score (nSPS) is 26.4. The SMILES string of the molecule is C=C1CCC2C(C)(C)CCCC2(C)C1Cc1cc(C)cc(OC)c1.CC.CC.CC. The first-order chi connectivity index (χ1) is 14.3. The van der Waals surface area contributed by atoms with Crippen molar-refractivity contribution in [2.45, 2.75) is 108 Å². The molecule has 174 valence electrons. The first-order valence-corrected chi connectivity index (χ1v) is 12.6. The van der Waals surface area contributed by atoms with Crippen molar-refractivity contribution in [1.82, 2.24) is 0 Å². The van der Waals surface area contributed by atoms with Crippen LogP contribution in [0.3, 0.4) is 0 Å². The zero-order valence-electron chi connectivity index (χ0n) is 22.2. The summed E-state index contributed by atoms with van der Waals surface area (Å²) in [5.74, 6) is 2.40. The molecule has 1 heteroatoms. The Bertz CT molecular complexity index is 627. The lowest BCUT2D eigenvalue weighted by molar-refractivity contribution is -0.0517. The van der Waals surface area contributed by atoms with Crippen LogP contribution in [0, 0.1) is 29.6 Å². The van der Waals surface area contributed by atoms with Gasteiger partial charge in [0.15, 0.2) is 0 Å². The molecule has 0 aromatic heterocycles. The van der Waals surface area contributed by atoms with Gasteiger partial charge in [0.25, 0.3) is 0 Å². The van der Waals surface area contributed by atoms with Crippen LogP contribution in [-0.2, 0) is 6.42 Å². The summed E-state index contributed by atoms with van der Waals surface area (Å²) in [5.41, 5.74) is 5.04. The number of benzene rings is 1. The van der Waals surface area contributed by atoms with Crippen LogP contribution in [0.4, 0.5) is 0 Å². The zero-order chi connectivity index (χ0) is 23.5. The molecule has 0 spiro atoms. The number of allylic oxidation sites excluding steroid dienone is 1. The molecule has 3 unspecified atom stereocenters. The van der Waals surface area contributed by atoms with Gasteiger partial charge in [-0.3, -0.25) is 0 Å². The standard InChI is InChI=1S/C23H34O.3C2H6/c1-16-12-18(14-19(13-16)24-6)15-20-17(2)8-9-21-22(3,4)10-7-11-23(20,21)5;3*1-2/h12-14,20-21H,2,7-11,15H2,1,3-6H3;3*1-2H3. The number of methoxy groups -OCH3 is 1. The van der Waals surface area contributed by atoms with Crippen molar-refractivity contribution in [2.75, 3.05) is 7.11 Å². The highest BCUT2D eigenvalue weighted by Crippen LogP contribution is 2.61. The Morgan fingerprint density at radius 2 is 1.57 bits per heavy atom. The van der Waals surface area contributed by atoms with Crippen molar-refractivity contribution in [1.29, 1.82) is 0 Å². The number of hydrogen-bond acceptors (Lipinski definition) is 1. The van der Waals surface area contributed by atoms with Crippen molar-refractivity contribution in [3.8, 4) is 5.75 Å². The molecule has 2 fully saturated rings. The Balaban J connectivity index is 0.00000129. The highest BCUT2D eigenvalue weighted by atomic mass is 16.5. The smallest absolute Gasteiger partial charge is 0.119 e. The van der Waals surface area contributed by atoms with Gasteiger partial charge in [0.2, 0.25) is 0 Å². The monoisotopic (exact) mass is 416 g/mol. The van der Waals surface area contributed by atoms with E-state index in [1.54, 1.807) is 7.11 Å². The molecule has 30 heavy (non-hydrogen) atoms. The Kier molecular flexibility index (Phi) is 12.7. The second-order valence-corrected chi connectivity index (χ2v) is 9.21. The van der Waals surface area contributed by atoms with Gasteiger partial charge >= 0.3 is 0 Å².